The normalized spacial score (nSPS) is 42.2. The summed E-state index contributed by atoms with van der Waals surface area (Å²) in [7, 11) is 0. The zero-order valence-corrected chi connectivity index (χ0v) is 8.96. The lowest BCUT2D eigenvalue weighted by Crippen LogP contribution is -2.22. The van der Waals surface area contributed by atoms with Crippen LogP contribution in [0.5, 0.6) is 0 Å². The van der Waals surface area contributed by atoms with Crippen LogP contribution in [0.3, 0.4) is 0 Å². The molecule has 0 unspecified atom stereocenters. The van der Waals surface area contributed by atoms with Gasteiger partial charge in [0.1, 0.15) is 4.33 Å². The molecule has 0 aromatic rings. The van der Waals surface area contributed by atoms with E-state index in [9.17, 15) is 0 Å². The highest BCUT2D eigenvalue weighted by molar-refractivity contribution is 6.52. The van der Waals surface area contributed by atoms with Crippen molar-refractivity contribution >= 4 is 41.4 Å². The van der Waals surface area contributed by atoms with Crippen molar-refractivity contribution in [2.75, 3.05) is 0 Å². The zero-order valence-electron chi connectivity index (χ0n) is 6.63. The van der Waals surface area contributed by atoms with Crippen LogP contribution in [0, 0.1) is 11.8 Å². The van der Waals surface area contributed by atoms with Gasteiger partial charge in [-0.15, -0.1) is 12.4 Å². The lowest BCUT2D eigenvalue weighted by Gasteiger charge is -2.13. The molecule has 2 nitrogen and oxygen atoms in total. The van der Waals surface area contributed by atoms with Crippen LogP contribution >= 0.6 is 35.6 Å². The highest BCUT2D eigenvalue weighted by Gasteiger charge is 2.67. The van der Waals surface area contributed by atoms with E-state index in [0.29, 0.717) is 17.7 Å². The Morgan fingerprint density at radius 3 is 2.67 bits per heavy atom. The minimum atomic E-state index is -0.624. The van der Waals surface area contributed by atoms with Crippen LogP contribution in [-0.2, 0) is 0 Å². The molecule has 3 atom stereocenters. The van der Waals surface area contributed by atoms with Crippen molar-refractivity contribution in [3.05, 3.63) is 0 Å². The van der Waals surface area contributed by atoms with Gasteiger partial charge in [0, 0.05) is 12.3 Å². The summed E-state index contributed by atoms with van der Waals surface area (Å²) in [5, 5.41) is 0. The number of halogens is 3. The number of fused-ring (bicyclic) bond motifs is 1. The van der Waals surface area contributed by atoms with E-state index >= 15 is 0 Å². The molecule has 0 aromatic heterocycles. The van der Waals surface area contributed by atoms with Crippen molar-refractivity contribution in [1.82, 2.24) is 0 Å². The monoisotopic (exact) mass is 228 g/mol. The van der Waals surface area contributed by atoms with E-state index in [0.717, 1.165) is 6.42 Å². The number of nitrogens with zero attached hydrogens (tertiary/aromatic N) is 1. The molecule has 70 valence electrons. The molecule has 1 aliphatic heterocycles. The highest BCUT2D eigenvalue weighted by atomic mass is 35.5. The first-order chi connectivity index (χ1) is 5.03. The predicted octanol–water partition coefficient (Wildman–Crippen LogP) is 1.98. The average Bonchev–Trinajstić information content (AvgIpc) is 2.34. The van der Waals surface area contributed by atoms with Crippen LogP contribution in [0.1, 0.15) is 13.3 Å². The molecule has 0 amide bonds. The lowest BCUT2D eigenvalue weighted by molar-refractivity contribution is 0.495. The first-order valence-electron chi connectivity index (χ1n) is 3.73. The summed E-state index contributed by atoms with van der Waals surface area (Å²) in [5.74, 6) is 1.51. The van der Waals surface area contributed by atoms with Crippen LogP contribution in [0.25, 0.3) is 0 Å². The van der Waals surface area contributed by atoms with Gasteiger partial charge in [-0.05, 0) is 5.92 Å². The van der Waals surface area contributed by atoms with Crippen LogP contribution in [0.15, 0.2) is 4.99 Å². The number of rotatable bonds is 0. The van der Waals surface area contributed by atoms with Crippen molar-refractivity contribution in [1.29, 1.82) is 0 Å². The van der Waals surface area contributed by atoms with E-state index in [1.165, 1.54) is 0 Å². The van der Waals surface area contributed by atoms with Crippen LogP contribution < -0.4 is 5.73 Å². The van der Waals surface area contributed by atoms with E-state index in [1.54, 1.807) is 0 Å². The molecule has 0 aromatic carbocycles. The second-order valence-electron chi connectivity index (χ2n) is 3.45. The zero-order chi connectivity index (χ0) is 8.22. The van der Waals surface area contributed by atoms with Gasteiger partial charge in [-0.3, -0.25) is 4.99 Å². The fourth-order valence-corrected chi connectivity index (χ4v) is 2.79. The molecular weight excluding hydrogens is 218 g/mol. The first-order valence-corrected chi connectivity index (χ1v) is 4.49. The fraction of sp³-hybridized carbons (Fsp3) is 0.857. The Bertz CT molecular complexity index is 227. The lowest BCUT2D eigenvalue weighted by atomic mass is 9.99. The highest BCUT2D eigenvalue weighted by Crippen LogP contribution is 2.61. The maximum absolute atomic E-state index is 5.98. The number of aliphatic imine (C=N–C) groups is 1. The molecule has 0 bridgehead atoms. The second-order valence-corrected chi connectivity index (χ2v) is 4.89. The summed E-state index contributed by atoms with van der Waals surface area (Å²) in [6.07, 6.45) is 0.836. The molecular formula is C7H11Cl3N2. The van der Waals surface area contributed by atoms with Gasteiger partial charge in [-0.1, -0.05) is 30.1 Å². The molecule has 1 fully saturated rings. The van der Waals surface area contributed by atoms with Gasteiger partial charge in [-0.2, -0.15) is 0 Å². The summed E-state index contributed by atoms with van der Waals surface area (Å²) in [4.78, 5) is 4.19. The molecule has 1 heterocycles. The number of hydrogen-bond acceptors (Lipinski definition) is 2. The fourth-order valence-electron chi connectivity index (χ4n) is 1.88. The SMILES string of the molecule is C[C@H]1CC(N)=N[C@H]2[C@@H]1C2(Cl)Cl.Cl. The molecule has 0 spiro atoms. The molecule has 5 heteroatoms. The third-order valence-electron chi connectivity index (χ3n) is 2.52. The van der Waals surface area contributed by atoms with Gasteiger partial charge in [0.15, 0.2) is 0 Å². The van der Waals surface area contributed by atoms with E-state index in [4.69, 9.17) is 28.9 Å². The summed E-state index contributed by atoms with van der Waals surface area (Å²) >= 11 is 12.0. The van der Waals surface area contributed by atoms with Crippen LogP contribution in [0.4, 0.5) is 0 Å². The van der Waals surface area contributed by atoms with E-state index in [-0.39, 0.29) is 18.4 Å². The smallest absolute Gasteiger partial charge is 0.146 e. The van der Waals surface area contributed by atoms with E-state index in [2.05, 4.69) is 11.9 Å². The number of amidine groups is 1. The molecule has 2 aliphatic rings. The Hall–Kier alpha value is 0.340. The minimum Gasteiger partial charge on any atom is -0.387 e. The van der Waals surface area contributed by atoms with Gasteiger partial charge >= 0.3 is 0 Å². The van der Waals surface area contributed by atoms with Gasteiger partial charge in [-0.25, -0.2) is 0 Å². The third kappa shape index (κ3) is 1.30. The van der Waals surface area contributed by atoms with Gasteiger partial charge in [0.05, 0.1) is 11.9 Å². The molecule has 1 saturated carbocycles. The molecule has 1 aliphatic carbocycles. The standard InChI is InChI=1S/C7H10Cl2N2.ClH/c1-3-2-4(10)11-6-5(3)7(6,8)9;/h3,5-6H,2H2,1H3,(H2,10,11);1H/t3-,5+,6-;/m0./s1. The van der Waals surface area contributed by atoms with Gasteiger partial charge < -0.3 is 5.73 Å². The maximum atomic E-state index is 5.98. The summed E-state index contributed by atoms with van der Waals surface area (Å²) in [6, 6.07) is 0.0644. The van der Waals surface area contributed by atoms with Gasteiger partial charge in [0.25, 0.3) is 0 Å². The Balaban J connectivity index is 0.000000720. The van der Waals surface area contributed by atoms with Crippen molar-refractivity contribution in [2.24, 2.45) is 22.6 Å². The quantitative estimate of drug-likeness (QED) is 0.634. The largest absolute Gasteiger partial charge is 0.387 e. The molecule has 2 N–H and O–H groups in total. The Morgan fingerprint density at radius 2 is 2.17 bits per heavy atom. The van der Waals surface area contributed by atoms with Crippen LogP contribution in [-0.4, -0.2) is 16.2 Å². The number of nitrogens with two attached hydrogens (primary N) is 1. The Morgan fingerprint density at radius 1 is 1.58 bits per heavy atom. The van der Waals surface area contributed by atoms with E-state index in [1.807, 2.05) is 0 Å². The Labute approximate surface area is 87.9 Å². The minimum absolute atomic E-state index is 0. The van der Waals surface area contributed by atoms with Crippen molar-refractivity contribution in [2.45, 2.75) is 23.7 Å². The molecule has 0 radical (unpaired) electrons. The first kappa shape index (κ1) is 10.4. The molecule has 0 saturated heterocycles. The number of hydrogen-bond donors (Lipinski definition) is 1. The van der Waals surface area contributed by atoms with Crippen molar-refractivity contribution < 1.29 is 0 Å². The average molecular weight is 230 g/mol. The third-order valence-corrected chi connectivity index (χ3v) is 3.47. The summed E-state index contributed by atoms with van der Waals surface area (Å²) < 4.78 is -0.624. The predicted molar refractivity (Wildman–Crippen MR) is 54.4 cm³/mol. The van der Waals surface area contributed by atoms with E-state index < -0.39 is 4.33 Å². The van der Waals surface area contributed by atoms with Crippen molar-refractivity contribution in [3.8, 4) is 0 Å². The van der Waals surface area contributed by atoms with Gasteiger partial charge in [0.2, 0.25) is 0 Å². The second kappa shape index (κ2) is 2.93. The molecule has 12 heavy (non-hydrogen) atoms. The molecule has 2 rings (SSSR count). The Kier molecular flexibility index (Phi) is 2.54. The topological polar surface area (TPSA) is 38.4 Å². The van der Waals surface area contributed by atoms with Crippen molar-refractivity contribution in [3.63, 3.8) is 0 Å². The number of alkyl halides is 2. The summed E-state index contributed by atoms with van der Waals surface area (Å²) in [6.45, 7) is 2.12. The maximum Gasteiger partial charge on any atom is 0.146 e. The summed E-state index contributed by atoms with van der Waals surface area (Å²) in [5.41, 5.74) is 5.60. The van der Waals surface area contributed by atoms with Crippen LogP contribution in [0.2, 0.25) is 0 Å².